The van der Waals surface area contributed by atoms with Gasteiger partial charge in [-0.15, -0.1) is 0 Å². The summed E-state index contributed by atoms with van der Waals surface area (Å²) in [6.45, 7) is 3.32. The number of rotatable bonds is 3. The third-order valence-electron chi connectivity index (χ3n) is 5.22. The average Bonchev–Trinajstić information content (AvgIpc) is 2.66. The van der Waals surface area contributed by atoms with Crippen LogP contribution in [0.25, 0.3) is 0 Å². The molecule has 0 fully saturated rings. The van der Waals surface area contributed by atoms with E-state index < -0.39 is 10.9 Å². The molecule has 1 atom stereocenters. The van der Waals surface area contributed by atoms with Crippen molar-refractivity contribution in [3.05, 3.63) is 89.1 Å². The smallest absolute Gasteiger partial charge is 0.249 e. The summed E-state index contributed by atoms with van der Waals surface area (Å²) < 4.78 is 0. The van der Waals surface area contributed by atoms with Gasteiger partial charge in [-0.1, -0.05) is 35.3 Å². The molecule has 4 nitrogen and oxygen atoms in total. The molecule has 0 bridgehead atoms. The van der Waals surface area contributed by atoms with Crippen LogP contribution in [-0.2, 0) is 6.54 Å². The Morgan fingerprint density at radius 3 is 2.44 bits per heavy atom. The minimum Gasteiger partial charge on any atom is -0.352 e. The molecule has 27 heavy (non-hydrogen) atoms. The van der Waals surface area contributed by atoms with Gasteiger partial charge in [-0.05, 0) is 54.9 Å². The highest BCUT2D eigenvalue weighted by atomic mass is 35.5. The molecule has 1 aliphatic rings. The zero-order valence-electron chi connectivity index (χ0n) is 15.0. The summed E-state index contributed by atoms with van der Waals surface area (Å²) in [6, 6.07) is 11.7. The number of likely N-dealkylation sites (N-methyl/N-ethyl adjacent to an activating group) is 1. The second kappa shape index (κ2) is 6.79. The van der Waals surface area contributed by atoms with Gasteiger partial charge in [0.05, 0.1) is 5.69 Å². The molecule has 0 radical (unpaired) electrons. The molecule has 0 spiro atoms. The Balaban J connectivity index is 1.65. The topological polar surface area (TPSA) is 49.4 Å². The molecular formula is C21H18Cl2N2O2. The highest BCUT2D eigenvalue weighted by Crippen LogP contribution is 2.38. The van der Waals surface area contributed by atoms with E-state index in [0.29, 0.717) is 21.3 Å². The van der Waals surface area contributed by atoms with E-state index in [1.54, 1.807) is 13.0 Å². The predicted molar refractivity (Wildman–Crippen MR) is 110 cm³/mol. The van der Waals surface area contributed by atoms with Gasteiger partial charge in [0.25, 0.3) is 0 Å². The molecule has 6 heteroatoms. The van der Waals surface area contributed by atoms with Gasteiger partial charge in [0.1, 0.15) is 0 Å². The van der Waals surface area contributed by atoms with E-state index in [1.165, 1.54) is 0 Å². The van der Waals surface area contributed by atoms with Crippen molar-refractivity contribution in [2.45, 2.75) is 19.4 Å². The minimum atomic E-state index is -0.455. The Hall–Kier alpha value is -2.14. The fourth-order valence-electron chi connectivity index (χ4n) is 3.73. The molecule has 4 rings (SSSR count). The third-order valence-corrected chi connectivity index (χ3v) is 5.78. The minimum absolute atomic E-state index is 0.164. The Bertz CT molecular complexity index is 1100. The number of hydrogen-bond donors (Lipinski definition) is 1. The van der Waals surface area contributed by atoms with Crippen molar-refractivity contribution < 1.29 is 0 Å². The molecule has 0 saturated carbocycles. The van der Waals surface area contributed by atoms with E-state index in [-0.39, 0.29) is 5.92 Å². The quantitative estimate of drug-likeness (QED) is 0.668. The lowest BCUT2D eigenvalue weighted by atomic mass is 9.84. The molecule has 0 saturated heterocycles. The van der Waals surface area contributed by atoms with Gasteiger partial charge < -0.3 is 10.2 Å². The summed E-state index contributed by atoms with van der Waals surface area (Å²) in [5.74, 6) is 0.164. The number of fused-ring (bicyclic) bond motifs is 1. The molecule has 1 N–H and O–H groups in total. The lowest BCUT2D eigenvalue weighted by molar-refractivity contribution is 0.295. The SMILES string of the molecule is Cc1c(Nc2ccc(C3CN(C)Cc4c(Cl)cc(Cl)cc43)cc2)c(=O)c1=O. The molecule has 3 aromatic rings. The first kappa shape index (κ1) is 18.2. The Kier molecular flexibility index (Phi) is 4.58. The maximum Gasteiger partial charge on any atom is 0.249 e. The first-order chi connectivity index (χ1) is 12.8. The predicted octanol–water partition coefficient (Wildman–Crippen LogP) is 4.22. The van der Waals surface area contributed by atoms with E-state index in [4.69, 9.17) is 23.2 Å². The van der Waals surface area contributed by atoms with Crippen LogP contribution in [0, 0.1) is 6.92 Å². The van der Waals surface area contributed by atoms with Gasteiger partial charge in [-0.3, -0.25) is 9.59 Å². The number of hydrogen-bond acceptors (Lipinski definition) is 4. The Morgan fingerprint density at radius 2 is 1.78 bits per heavy atom. The molecule has 138 valence electrons. The largest absolute Gasteiger partial charge is 0.352 e. The number of nitrogens with one attached hydrogen (secondary N) is 1. The van der Waals surface area contributed by atoms with E-state index in [1.807, 2.05) is 30.3 Å². The number of anilines is 2. The standard InChI is InChI=1S/C21H18Cl2N2O2/c1-11-19(21(27)20(11)26)24-14-5-3-12(4-6-14)16-9-25(2)10-17-15(16)7-13(22)8-18(17)23/h3-8,16,24H,9-10H2,1-2H3. The molecule has 1 heterocycles. The van der Waals surface area contributed by atoms with Crippen LogP contribution in [-0.4, -0.2) is 18.5 Å². The molecule has 3 aromatic carbocycles. The van der Waals surface area contributed by atoms with Crippen LogP contribution in [0.15, 0.2) is 46.0 Å². The summed E-state index contributed by atoms with van der Waals surface area (Å²) in [7, 11) is 2.07. The van der Waals surface area contributed by atoms with E-state index >= 15 is 0 Å². The lowest BCUT2D eigenvalue weighted by Crippen LogP contribution is -2.36. The van der Waals surface area contributed by atoms with Crippen LogP contribution < -0.4 is 16.2 Å². The van der Waals surface area contributed by atoms with Crippen LogP contribution in [0.2, 0.25) is 10.0 Å². The second-order valence-electron chi connectivity index (χ2n) is 7.11. The first-order valence-corrected chi connectivity index (χ1v) is 9.44. The van der Waals surface area contributed by atoms with Gasteiger partial charge in [0.15, 0.2) is 0 Å². The van der Waals surface area contributed by atoms with Crippen molar-refractivity contribution in [1.82, 2.24) is 4.90 Å². The fraction of sp³-hybridized carbons (Fsp3) is 0.238. The van der Waals surface area contributed by atoms with Gasteiger partial charge in [0, 0.05) is 40.3 Å². The Labute approximate surface area is 167 Å². The van der Waals surface area contributed by atoms with Crippen molar-refractivity contribution in [2.75, 3.05) is 18.9 Å². The summed E-state index contributed by atoms with van der Waals surface area (Å²) >= 11 is 12.7. The van der Waals surface area contributed by atoms with Crippen LogP contribution in [0.4, 0.5) is 11.4 Å². The van der Waals surface area contributed by atoms with Gasteiger partial charge in [-0.25, -0.2) is 0 Å². The second-order valence-corrected chi connectivity index (χ2v) is 7.95. The molecule has 1 aliphatic heterocycles. The molecular weight excluding hydrogens is 383 g/mol. The zero-order chi connectivity index (χ0) is 19.3. The molecule has 0 aromatic heterocycles. The summed E-state index contributed by atoms with van der Waals surface area (Å²) in [6.07, 6.45) is 0. The summed E-state index contributed by atoms with van der Waals surface area (Å²) in [5, 5.41) is 4.38. The average molecular weight is 401 g/mol. The zero-order valence-corrected chi connectivity index (χ0v) is 16.5. The van der Waals surface area contributed by atoms with Crippen LogP contribution in [0.5, 0.6) is 0 Å². The third kappa shape index (κ3) is 3.18. The van der Waals surface area contributed by atoms with Crippen molar-refractivity contribution in [3.63, 3.8) is 0 Å². The van der Waals surface area contributed by atoms with Gasteiger partial charge in [-0.2, -0.15) is 0 Å². The highest BCUT2D eigenvalue weighted by molar-refractivity contribution is 6.35. The fourth-order valence-corrected chi connectivity index (χ4v) is 4.30. The normalized spacial score (nSPS) is 17.1. The highest BCUT2D eigenvalue weighted by Gasteiger charge is 2.27. The molecule has 0 amide bonds. The molecule has 1 unspecified atom stereocenters. The van der Waals surface area contributed by atoms with Gasteiger partial charge >= 0.3 is 0 Å². The van der Waals surface area contributed by atoms with Crippen molar-refractivity contribution in [1.29, 1.82) is 0 Å². The van der Waals surface area contributed by atoms with Crippen molar-refractivity contribution in [3.8, 4) is 0 Å². The van der Waals surface area contributed by atoms with Crippen LogP contribution in [0.3, 0.4) is 0 Å². The van der Waals surface area contributed by atoms with Crippen molar-refractivity contribution >= 4 is 34.6 Å². The lowest BCUT2D eigenvalue weighted by Gasteiger charge is -2.33. The van der Waals surface area contributed by atoms with E-state index in [9.17, 15) is 9.59 Å². The summed E-state index contributed by atoms with van der Waals surface area (Å²) in [4.78, 5) is 25.2. The van der Waals surface area contributed by atoms with E-state index in [2.05, 4.69) is 17.3 Å². The first-order valence-electron chi connectivity index (χ1n) is 8.68. The monoisotopic (exact) mass is 400 g/mol. The number of benzene rings is 2. The number of nitrogens with zero attached hydrogens (tertiary/aromatic N) is 1. The van der Waals surface area contributed by atoms with Crippen LogP contribution >= 0.6 is 23.2 Å². The maximum absolute atomic E-state index is 11.6. The summed E-state index contributed by atoms with van der Waals surface area (Å²) in [5.41, 5.74) is 4.19. The van der Waals surface area contributed by atoms with Crippen molar-refractivity contribution in [2.24, 2.45) is 0 Å². The Morgan fingerprint density at radius 1 is 1.07 bits per heavy atom. The maximum atomic E-state index is 11.6. The number of halogens is 2. The van der Waals surface area contributed by atoms with Gasteiger partial charge in [0.2, 0.25) is 10.9 Å². The van der Waals surface area contributed by atoms with Crippen LogP contribution in [0.1, 0.15) is 28.2 Å². The van der Waals surface area contributed by atoms with E-state index in [0.717, 1.165) is 35.5 Å². The molecule has 0 aliphatic carbocycles.